The predicted octanol–water partition coefficient (Wildman–Crippen LogP) is -0.0226. The fraction of sp³-hybridized carbons (Fsp3) is 0.500. The Morgan fingerprint density at radius 1 is 1.46 bits per heavy atom. The van der Waals surface area contributed by atoms with Crippen molar-refractivity contribution >= 4 is 0 Å². The molecule has 1 saturated heterocycles. The van der Waals surface area contributed by atoms with Gasteiger partial charge in [0.25, 0.3) is 0 Å². The van der Waals surface area contributed by atoms with Crippen LogP contribution >= 0.6 is 0 Å². The van der Waals surface area contributed by atoms with Crippen LogP contribution in [0, 0.1) is 5.95 Å². The van der Waals surface area contributed by atoms with Crippen LogP contribution in [-0.4, -0.2) is 22.8 Å². The summed E-state index contributed by atoms with van der Waals surface area (Å²) in [6.07, 6.45) is 0.834. The lowest BCUT2D eigenvalue weighted by molar-refractivity contribution is 0.540. The highest BCUT2D eigenvalue weighted by atomic mass is 19.1. The molecule has 1 aromatic rings. The third-order valence-corrected chi connectivity index (χ3v) is 2.17. The molecule has 0 aromatic carbocycles. The molecule has 1 fully saturated rings. The van der Waals surface area contributed by atoms with E-state index in [4.69, 9.17) is 5.73 Å². The molecule has 1 aliphatic heterocycles. The second-order valence-electron chi connectivity index (χ2n) is 3.24. The Labute approximate surface area is 75.3 Å². The van der Waals surface area contributed by atoms with E-state index in [2.05, 4.69) is 15.5 Å². The average molecular weight is 182 g/mol. The second-order valence-corrected chi connectivity index (χ2v) is 3.24. The fourth-order valence-corrected chi connectivity index (χ4v) is 1.50. The van der Waals surface area contributed by atoms with Gasteiger partial charge in [-0.2, -0.15) is 9.49 Å². The molecule has 2 atom stereocenters. The van der Waals surface area contributed by atoms with Crippen molar-refractivity contribution in [3.63, 3.8) is 0 Å². The summed E-state index contributed by atoms with van der Waals surface area (Å²) in [7, 11) is 0. The van der Waals surface area contributed by atoms with Crippen LogP contribution in [0.1, 0.15) is 18.2 Å². The Bertz CT molecular complexity index is 287. The molecule has 0 aliphatic carbocycles. The molecule has 70 valence electrons. The van der Waals surface area contributed by atoms with Crippen molar-refractivity contribution in [3.05, 3.63) is 23.8 Å². The molecule has 1 aromatic heterocycles. The zero-order chi connectivity index (χ0) is 9.26. The number of nitrogens with two attached hydrogens (primary N) is 1. The van der Waals surface area contributed by atoms with Gasteiger partial charge >= 0.3 is 0 Å². The minimum atomic E-state index is -0.550. The molecule has 0 amide bonds. The summed E-state index contributed by atoms with van der Waals surface area (Å²) >= 11 is 0. The van der Waals surface area contributed by atoms with Gasteiger partial charge in [0.05, 0.1) is 11.7 Å². The fourth-order valence-electron chi connectivity index (χ4n) is 1.50. The molecule has 2 rings (SSSR count). The van der Waals surface area contributed by atoms with Gasteiger partial charge in [-0.1, -0.05) is 0 Å². The van der Waals surface area contributed by atoms with E-state index in [9.17, 15) is 4.39 Å². The molecular weight excluding hydrogens is 171 g/mol. The highest BCUT2D eigenvalue weighted by Gasteiger charge is 2.23. The maximum atomic E-state index is 12.4. The van der Waals surface area contributed by atoms with Crippen LogP contribution in [0.15, 0.2) is 12.1 Å². The number of hydrogen-bond donors (Lipinski definition) is 2. The van der Waals surface area contributed by atoms with E-state index in [1.165, 1.54) is 6.07 Å². The van der Waals surface area contributed by atoms with Gasteiger partial charge in [-0.3, -0.25) is 0 Å². The Balaban J connectivity index is 2.13. The summed E-state index contributed by atoms with van der Waals surface area (Å²) in [6, 6.07) is 3.24. The van der Waals surface area contributed by atoms with E-state index in [0.29, 0.717) is 0 Å². The van der Waals surface area contributed by atoms with Crippen LogP contribution in [0.5, 0.6) is 0 Å². The standard InChI is InChI=1S/C8H11FN4/c9-8-2-1-6(12-13-8)7-3-5(10)4-11-7/h1-2,5,7,11H,3-4,10H2. The molecule has 1 aliphatic rings. The van der Waals surface area contributed by atoms with E-state index in [1.807, 2.05) is 0 Å². The van der Waals surface area contributed by atoms with Gasteiger partial charge in [-0.15, -0.1) is 5.10 Å². The van der Waals surface area contributed by atoms with Crippen LogP contribution in [-0.2, 0) is 0 Å². The average Bonchev–Trinajstić information content (AvgIpc) is 2.53. The van der Waals surface area contributed by atoms with Crippen molar-refractivity contribution in [3.8, 4) is 0 Å². The molecule has 0 saturated carbocycles. The number of aromatic nitrogens is 2. The molecule has 3 N–H and O–H groups in total. The second kappa shape index (κ2) is 3.35. The maximum absolute atomic E-state index is 12.4. The first-order valence-corrected chi connectivity index (χ1v) is 4.24. The zero-order valence-corrected chi connectivity index (χ0v) is 7.07. The van der Waals surface area contributed by atoms with Crippen molar-refractivity contribution < 1.29 is 4.39 Å². The van der Waals surface area contributed by atoms with Gasteiger partial charge < -0.3 is 11.1 Å². The summed E-state index contributed by atoms with van der Waals surface area (Å²) < 4.78 is 12.4. The first kappa shape index (κ1) is 8.52. The number of rotatable bonds is 1. The largest absolute Gasteiger partial charge is 0.326 e. The number of halogens is 1. The van der Waals surface area contributed by atoms with E-state index < -0.39 is 5.95 Å². The summed E-state index contributed by atoms with van der Waals surface area (Å²) in [4.78, 5) is 0. The van der Waals surface area contributed by atoms with Crippen molar-refractivity contribution in [1.29, 1.82) is 0 Å². The lowest BCUT2D eigenvalue weighted by atomic mass is 10.1. The first-order valence-electron chi connectivity index (χ1n) is 4.24. The topological polar surface area (TPSA) is 63.8 Å². The monoisotopic (exact) mass is 182 g/mol. The molecule has 2 heterocycles. The zero-order valence-electron chi connectivity index (χ0n) is 7.07. The van der Waals surface area contributed by atoms with Gasteiger partial charge in [0.15, 0.2) is 0 Å². The SMILES string of the molecule is NC1CNC(c2ccc(F)nn2)C1. The minimum Gasteiger partial charge on any atom is -0.326 e. The summed E-state index contributed by atoms with van der Waals surface area (Å²) in [6.45, 7) is 0.781. The Morgan fingerprint density at radius 2 is 2.31 bits per heavy atom. The predicted molar refractivity (Wildman–Crippen MR) is 45.3 cm³/mol. The summed E-state index contributed by atoms with van der Waals surface area (Å²) in [5, 5.41) is 10.3. The van der Waals surface area contributed by atoms with Gasteiger partial charge in [0.1, 0.15) is 0 Å². The van der Waals surface area contributed by atoms with Crippen molar-refractivity contribution in [2.45, 2.75) is 18.5 Å². The van der Waals surface area contributed by atoms with Crippen molar-refractivity contribution in [1.82, 2.24) is 15.5 Å². The third-order valence-electron chi connectivity index (χ3n) is 2.17. The maximum Gasteiger partial charge on any atom is 0.233 e. The van der Waals surface area contributed by atoms with Gasteiger partial charge in [-0.05, 0) is 18.6 Å². The van der Waals surface area contributed by atoms with Crippen LogP contribution < -0.4 is 11.1 Å². The molecule has 2 unspecified atom stereocenters. The van der Waals surface area contributed by atoms with E-state index >= 15 is 0 Å². The highest BCUT2D eigenvalue weighted by molar-refractivity contribution is 5.08. The Morgan fingerprint density at radius 3 is 2.85 bits per heavy atom. The normalized spacial score (nSPS) is 27.8. The lowest BCUT2D eigenvalue weighted by Gasteiger charge is -2.07. The first-order chi connectivity index (χ1) is 6.25. The molecule has 0 radical (unpaired) electrons. The van der Waals surface area contributed by atoms with Gasteiger partial charge in [0, 0.05) is 12.6 Å². The third kappa shape index (κ3) is 1.81. The van der Waals surface area contributed by atoms with Crippen molar-refractivity contribution in [2.24, 2.45) is 5.73 Å². The van der Waals surface area contributed by atoms with Crippen LogP contribution in [0.2, 0.25) is 0 Å². The molecule has 0 spiro atoms. The van der Waals surface area contributed by atoms with Crippen molar-refractivity contribution in [2.75, 3.05) is 6.54 Å². The number of nitrogens with zero attached hydrogens (tertiary/aromatic N) is 2. The van der Waals surface area contributed by atoms with Crippen LogP contribution in [0.3, 0.4) is 0 Å². The molecule has 4 nitrogen and oxygen atoms in total. The summed E-state index contributed by atoms with van der Waals surface area (Å²) in [5.41, 5.74) is 6.47. The van der Waals surface area contributed by atoms with Gasteiger partial charge in [-0.25, -0.2) is 0 Å². The quantitative estimate of drug-likeness (QED) is 0.640. The molecular formula is C8H11FN4. The summed E-state index contributed by atoms with van der Waals surface area (Å²) in [5.74, 6) is -0.550. The smallest absolute Gasteiger partial charge is 0.233 e. The van der Waals surface area contributed by atoms with Gasteiger partial charge in [0.2, 0.25) is 5.95 Å². The highest BCUT2D eigenvalue weighted by Crippen LogP contribution is 2.19. The minimum absolute atomic E-state index is 0.128. The lowest BCUT2D eigenvalue weighted by Crippen LogP contribution is -2.22. The molecule has 0 bridgehead atoms. The number of nitrogens with one attached hydrogen (secondary N) is 1. The number of hydrogen-bond acceptors (Lipinski definition) is 4. The molecule has 13 heavy (non-hydrogen) atoms. The molecule has 5 heteroatoms. The Hall–Kier alpha value is -1.07. The van der Waals surface area contributed by atoms with Crippen LogP contribution in [0.25, 0.3) is 0 Å². The van der Waals surface area contributed by atoms with E-state index in [-0.39, 0.29) is 12.1 Å². The van der Waals surface area contributed by atoms with E-state index in [0.717, 1.165) is 18.7 Å². The Kier molecular flexibility index (Phi) is 2.20. The van der Waals surface area contributed by atoms with E-state index in [1.54, 1.807) is 6.07 Å². The van der Waals surface area contributed by atoms with Crippen LogP contribution in [0.4, 0.5) is 4.39 Å².